The molecule has 0 radical (unpaired) electrons. The van der Waals surface area contributed by atoms with Crippen molar-refractivity contribution in [3.8, 4) is 6.01 Å². The van der Waals surface area contributed by atoms with Crippen LogP contribution in [-0.4, -0.2) is 65.4 Å². The number of anilines is 1. The number of nitrogens with one attached hydrogen (secondary N) is 2. The number of unbranched alkanes of at least 4 members (excludes halogenated alkanes) is 1. The van der Waals surface area contributed by atoms with Gasteiger partial charge in [-0.15, -0.1) is 10.2 Å². The average molecular weight is 533 g/mol. The normalized spacial score (nSPS) is 16.5. The fourth-order valence-corrected chi connectivity index (χ4v) is 5.51. The number of piperidine rings is 1. The Balaban J connectivity index is 1.08. The Labute approximate surface area is 226 Å². The third-order valence-electron chi connectivity index (χ3n) is 7.73. The topological polar surface area (TPSA) is 145 Å². The molecule has 4 aromatic rings. The Morgan fingerprint density at radius 3 is 2.59 bits per heavy atom. The van der Waals surface area contributed by atoms with E-state index >= 15 is 0 Å². The van der Waals surface area contributed by atoms with Crippen molar-refractivity contribution in [2.75, 3.05) is 32.0 Å². The molecule has 6 rings (SSSR count). The molecule has 1 aromatic carbocycles. The van der Waals surface area contributed by atoms with Crippen LogP contribution in [0.1, 0.15) is 61.3 Å². The van der Waals surface area contributed by atoms with Crippen molar-refractivity contribution in [2.24, 2.45) is 0 Å². The molecule has 12 heteroatoms. The first kappa shape index (κ1) is 25.5. The van der Waals surface area contributed by atoms with E-state index in [-0.39, 0.29) is 17.5 Å². The summed E-state index contributed by atoms with van der Waals surface area (Å²) in [5, 5.41) is 12.3. The lowest BCUT2D eigenvalue weighted by molar-refractivity contribution is 0.199. The Morgan fingerprint density at radius 1 is 1.05 bits per heavy atom. The van der Waals surface area contributed by atoms with Crippen LogP contribution in [0.15, 0.2) is 29.1 Å². The summed E-state index contributed by atoms with van der Waals surface area (Å²) < 4.78 is 9.54. The lowest BCUT2D eigenvalue weighted by atomic mass is 9.95. The van der Waals surface area contributed by atoms with Crippen molar-refractivity contribution < 1.29 is 4.74 Å². The molecule has 0 amide bonds. The first-order valence-electron chi connectivity index (χ1n) is 13.9. The Bertz CT molecular complexity index is 1480. The van der Waals surface area contributed by atoms with Gasteiger partial charge in [0.25, 0.3) is 0 Å². The number of rotatable bonds is 9. The van der Waals surface area contributed by atoms with Crippen LogP contribution in [0.3, 0.4) is 0 Å². The van der Waals surface area contributed by atoms with Crippen LogP contribution in [0.4, 0.5) is 5.82 Å². The first-order chi connectivity index (χ1) is 19.1. The zero-order chi connectivity index (χ0) is 26.8. The SMILES string of the molecule is CCCCOc1nc(N)c2[nH]c(=O)n(Cc3ccc(CN4CCC(c5nnc6n5CCNC6)CC4)cc3)c2n1. The second-order valence-corrected chi connectivity index (χ2v) is 10.5. The zero-order valence-electron chi connectivity index (χ0n) is 22.4. The fraction of sp³-hybridized carbons (Fsp3) is 0.519. The van der Waals surface area contributed by atoms with Crippen LogP contribution in [0.25, 0.3) is 11.2 Å². The van der Waals surface area contributed by atoms with Gasteiger partial charge in [0.15, 0.2) is 11.5 Å². The van der Waals surface area contributed by atoms with Crippen molar-refractivity contribution in [2.45, 2.75) is 64.7 Å². The predicted octanol–water partition coefficient (Wildman–Crippen LogP) is 2.00. The van der Waals surface area contributed by atoms with Gasteiger partial charge in [-0.1, -0.05) is 37.6 Å². The third-order valence-corrected chi connectivity index (χ3v) is 7.73. The minimum absolute atomic E-state index is 0.196. The first-order valence-corrected chi connectivity index (χ1v) is 13.9. The van der Waals surface area contributed by atoms with Crippen molar-refractivity contribution >= 4 is 17.0 Å². The number of imidazole rings is 1. The molecule has 2 aliphatic heterocycles. The summed E-state index contributed by atoms with van der Waals surface area (Å²) in [6.45, 7) is 8.73. The highest BCUT2D eigenvalue weighted by Gasteiger charge is 2.27. The van der Waals surface area contributed by atoms with Gasteiger partial charge in [0.1, 0.15) is 17.2 Å². The minimum atomic E-state index is -0.270. The molecule has 5 heterocycles. The molecule has 0 spiro atoms. The quantitative estimate of drug-likeness (QED) is 0.276. The summed E-state index contributed by atoms with van der Waals surface area (Å²) in [4.78, 5) is 26.7. The predicted molar refractivity (Wildman–Crippen MR) is 147 cm³/mol. The number of hydrogen-bond donors (Lipinski definition) is 3. The van der Waals surface area contributed by atoms with Gasteiger partial charge in [0, 0.05) is 25.6 Å². The highest BCUT2D eigenvalue weighted by molar-refractivity contribution is 5.81. The van der Waals surface area contributed by atoms with Crippen LogP contribution in [0.2, 0.25) is 0 Å². The number of ether oxygens (including phenoxy) is 1. The van der Waals surface area contributed by atoms with Gasteiger partial charge < -0.3 is 25.3 Å². The molecule has 3 aromatic heterocycles. The van der Waals surface area contributed by atoms with Gasteiger partial charge in [0.05, 0.1) is 19.7 Å². The van der Waals surface area contributed by atoms with Crippen LogP contribution in [0, 0.1) is 0 Å². The molecular formula is C27H36N10O2. The molecule has 2 aliphatic rings. The largest absolute Gasteiger partial charge is 0.463 e. The van der Waals surface area contributed by atoms with E-state index in [0.29, 0.717) is 30.2 Å². The summed E-state index contributed by atoms with van der Waals surface area (Å²) in [5.74, 6) is 2.91. The number of nitrogens with two attached hydrogens (primary N) is 1. The number of aromatic amines is 1. The highest BCUT2D eigenvalue weighted by atomic mass is 16.5. The Morgan fingerprint density at radius 2 is 1.82 bits per heavy atom. The molecule has 0 saturated carbocycles. The average Bonchev–Trinajstić information content (AvgIpc) is 3.52. The lowest BCUT2D eigenvalue weighted by Gasteiger charge is -2.32. The Kier molecular flexibility index (Phi) is 7.29. The summed E-state index contributed by atoms with van der Waals surface area (Å²) in [5.41, 5.74) is 8.97. The van der Waals surface area contributed by atoms with Gasteiger partial charge in [-0.05, 0) is 43.5 Å². The van der Waals surface area contributed by atoms with E-state index < -0.39 is 0 Å². The number of benzene rings is 1. The van der Waals surface area contributed by atoms with E-state index in [0.717, 1.165) is 82.2 Å². The number of fused-ring (bicyclic) bond motifs is 2. The van der Waals surface area contributed by atoms with E-state index in [1.807, 2.05) is 0 Å². The van der Waals surface area contributed by atoms with Gasteiger partial charge in [-0.25, -0.2) is 4.79 Å². The smallest absolute Gasteiger partial charge is 0.328 e. The fourth-order valence-electron chi connectivity index (χ4n) is 5.51. The molecule has 1 fully saturated rings. The van der Waals surface area contributed by atoms with Crippen molar-refractivity contribution in [3.05, 3.63) is 57.5 Å². The monoisotopic (exact) mass is 532 g/mol. The molecular weight excluding hydrogens is 496 g/mol. The van der Waals surface area contributed by atoms with Crippen molar-refractivity contribution in [1.82, 2.24) is 44.5 Å². The maximum absolute atomic E-state index is 12.7. The van der Waals surface area contributed by atoms with E-state index in [2.05, 4.69) is 71.1 Å². The number of aromatic nitrogens is 7. The highest BCUT2D eigenvalue weighted by Crippen LogP contribution is 2.28. The molecule has 206 valence electrons. The second kappa shape index (κ2) is 11.1. The van der Waals surface area contributed by atoms with E-state index in [1.165, 1.54) is 5.56 Å². The van der Waals surface area contributed by atoms with Gasteiger partial charge in [-0.3, -0.25) is 9.47 Å². The molecule has 4 N–H and O–H groups in total. The third kappa shape index (κ3) is 5.39. The van der Waals surface area contributed by atoms with Gasteiger partial charge >= 0.3 is 11.7 Å². The molecule has 12 nitrogen and oxygen atoms in total. The maximum atomic E-state index is 12.7. The standard InChI is InChI=1S/C27H36N10O2/c1-2-3-14-39-26-31-23(28)22-25(32-26)37(27(38)30-22)17-19-6-4-18(5-7-19)16-35-11-8-20(9-12-35)24-34-33-21-15-29-10-13-36(21)24/h4-7,20,29H,2-3,8-17H2,1H3,(H,30,38)(H2,28,31,32). The van der Waals surface area contributed by atoms with Gasteiger partial charge in [-0.2, -0.15) is 9.97 Å². The van der Waals surface area contributed by atoms with Gasteiger partial charge in [0.2, 0.25) is 0 Å². The molecule has 1 saturated heterocycles. The maximum Gasteiger partial charge on any atom is 0.328 e. The summed E-state index contributed by atoms with van der Waals surface area (Å²) in [6, 6.07) is 8.64. The molecule has 0 aliphatic carbocycles. The number of likely N-dealkylation sites (tertiary alicyclic amines) is 1. The minimum Gasteiger partial charge on any atom is -0.463 e. The molecule has 0 bridgehead atoms. The second-order valence-electron chi connectivity index (χ2n) is 10.5. The van der Waals surface area contributed by atoms with E-state index in [4.69, 9.17) is 10.5 Å². The number of hydrogen-bond acceptors (Lipinski definition) is 9. The van der Waals surface area contributed by atoms with Crippen LogP contribution in [-0.2, 0) is 26.2 Å². The Hall–Kier alpha value is -3.77. The van der Waals surface area contributed by atoms with E-state index in [1.54, 1.807) is 4.57 Å². The lowest BCUT2D eigenvalue weighted by Crippen LogP contribution is -2.34. The molecule has 39 heavy (non-hydrogen) atoms. The number of H-pyrrole nitrogens is 1. The number of nitrogens with zero attached hydrogens (tertiary/aromatic N) is 7. The number of nitrogen functional groups attached to an aromatic ring is 1. The summed E-state index contributed by atoms with van der Waals surface area (Å²) >= 11 is 0. The van der Waals surface area contributed by atoms with Crippen LogP contribution in [0.5, 0.6) is 6.01 Å². The van der Waals surface area contributed by atoms with Crippen LogP contribution < -0.4 is 21.5 Å². The summed E-state index contributed by atoms with van der Waals surface area (Å²) in [7, 11) is 0. The zero-order valence-corrected chi connectivity index (χ0v) is 22.4. The van der Waals surface area contributed by atoms with Crippen molar-refractivity contribution in [1.29, 1.82) is 0 Å². The van der Waals surface area contributed by atoms with Crippen LogP contribution >= 0.6 is 0 Å². The molecule has 0 atom stereocenters. The van der Waals surface area contributed by atoms with Crippen molar-refractivity contribution in [3.63, 3.8) is 0 Å². The molecule has 0 unspecified atom stereocenters. The summed E-state index contributed by atoms with van der Waals surface area (Å²) in [6.07, 6.45) is 4.10. The van der Waals surface area contributed by atoms with E-state index in [9.17, 15) is 4.79 Å².